The Bertz CT molecular complexity index is 53.7. The van der Waals surface area contributed by atoms with Crippen LogP contribution < -0.4 is 0 Å². The Hall–Kier alpha value is -0.180. The van der Waals surface area contributed by atoms with Gasteiger partial charge < -0.3 is 4.74 Å². The van der Waals surface area contributed by atoms with Crippen LogP contribution in [0.2, 0.25) is 0 Å². The van der Waals surface area contributed by atoms with Crippen molar-refractivity contribution in [2.45, 2.75) is 12.2 Å². The zero-order valence-corrected chi connectivity index (χ0v) is 5.02. The molecule has 0 aliphatic carbocycles. The Morgan fingerprint density at radius 2 is 2.57 bits per heavy atom. The van der Waals surface area contributed by atoms with Crippen molar-refractivity contribution in [2.24, 2.45) is 0 Å². The monoisotopic (exact) mass is 120 g/mol. The standard InChI is InChI=1S/C4H8O2S/c1-4(7)2-6-3-5/h3-4,7H,2H2,1H3. The van der Waals surface area contributed by atoms with Crippen molar-refractivity contribution >= 4 is 19.1 Å². The van der Waals surface area contributed by atoms with Crippen LogP contribution in [0, 0.1) is 0 Å². The van der Waals surface area contributed by atoms with Gasteiger partial charge in [0, 0.05) is 5.25 Å². The second kappa shape index (κ2) is 3.99. The van der Waals surface area contributed by atoms with Crippen molar-refractivity contribution in [2.75, 3.05) is 6.61 Å². The molecule has 0 aliphatic rings. The zero-order valence-electron chi connectivity index (χ0n) is 4.13. The Balaban J connectivity index is 2.81. The molecule has 42 valence electrons. The molecule has 1 unspecified atom stereocenters. The molecule has 0 amide bonds. The first-order chi connectivity index (χ1) is 3.27. The van der Waals surface area contributed by atoms with Crippen LogP contribution in [0.4, 0.5) is 0 Å². The highest BCUT2D eigenvalue weighted by atomic mass is 32.1. The minimum absolute atomic E-state index is 0.144. The van der Waals surface area contributed by atoms with Crippen molar-refractivity contribution in [3.63, 3.8) is 0 Å². The molecule has 0 N–H and O–H groups in total. The first kappa shape index (κ1) is 6.82. The summed E-state index contributed by atoms with van der Waals surface area (Å²) in [5, 5.41) is 0.144. The predicted molar refractivity (Wildman–Crippen MR) is 30.5 cm³/mol. The van der Waals surface area contributed by atoms with Gasteiger partial charge >= 0.3 is 0 Å². The van der Waals surface area contributed by atoms with Crippen LogP contribution in [0.15, 0.2) is 0 Å². The number of hydrogen-bond donors (Lipinski definition) is 1. The molecule has 0 aliphatic heterocycles. The average Bonchev–Trinajstić information content (AvgIpc) is 1.61. The van der Waals surface area contributed by atoms with E-state index >= 15 is 0 Å². The predicted octanol–water partition coefficient (Wildman–Crippen LogP) is 0.478. The largest absolute Gasteiger partial charge is 0.467 e. The highest BCUT2D eigenvalue weighted by Gasteiger charge is 1.89. The summed E-state index contributed by atoms with van der Waals surface area (Å²) in [7, 11) is 0. The lowest BCUT2D eigenvalue weighted by molar-refractivity contribution is -0.128. The molecule has 0 aromatic rings. The maximum atomic E-state index is 9.45. The van der Waals surface area contributed by atoms with E-state index in [1.165, 1.54) is 0 Å². The fraction of sp³-hybridized carbons (Fsp3) is 0.750. The number of thiol groups is 1. The summed E-state index contributed by atoms with van der Waals surface area (Å²) in [4.78, 5) is 9.45. The molecule has 1 atom stereocenters. The van der Waals surface area contributed by atoms with Crippen LogP contribution in [0.3, 0.4) is 0 Å². The molecule has 2 nitrogen and oxygen atoms in total. The van der Waals surface area contributed by atoms with Crippen LogP contribution in [0.1, 0.15) is 6.92 Å². The number of carbonyl (C=O) groups excluding carboxylic acids is 1. The van der Waals surface area contributed by atoms with Crippen LogP contribution in [0.5, 0.6) is 0 Å². The molecular weight excluding hydrogens is 112 g/mol. The van der Waals surface area contributed by atoms with E-state index in [4.69, 9.17) is 0 Å². The molecule has 0 spiro atoms. The van der Waals surface area contributed by atoms with E-state index in [1.807, 2.05) is 6.92 Å². The normalized spacial score (nSPS) is 12.9. The van der Waals surface area contributed by atoms with Gasteiger partial charge in [-0.3, -0.25) is 4.79 Å². The van der Waals surface area contributed by atoms with Crippen molar-refractivity contribution in [1.29, 1.82) is 0 Å². The highest BCUT2D eigenvalue weighted by molar-refractivity contribution is 7.80. The van der Waals surface area contributed by atoms with Gasteiger partial charge in [0.15, 0.2) is 0 Å². The third kappa shape index (κ3) is 5.82. The van der Waals surface area contributed by atoms with E-state index in [9.17, 15) is 4.79 Å². The first-order valence-corrected chi connectivity index (χ1v) is 2.52. The minimum Gasteiger partial charge on any atom is -0.467 e. The van der Waals surface area contributed by atoms with Crippen LogP contribution >= 0.6 is 12.6 Å². The summed E-state index contributed by atoms with van der Waals surface area (Å²) in [6, 6.07) is 0. The maximum absolute atomic E-state index is 9.45. The minimum atomic E-state index is 0.144. The van der Waals surface area contributed by atoms with E-state index in [-0.39, 0.29) is 5.25 Å². The lowest BCUT2D eigenvalue weighted by Crippen LogP contribution is -2.02. The van der Waals surface area contributed by atoms with Crippen molar-refractivity contribution in [3.05, 3.63) is 0 Å². The topological polar surface area (TPSA) is 26.3 Å². The zero-order chi connectivity index (χ0) is 5.70. The highest BCUT2D eigenvalue weighted by Crippen LogP contribution is 1.89. The summed E-state index contributed by atoms with van der Waals surface area (Å²) in [5.41, 5.74) is 0. The summed E-state index contributed by atoms with van der Waals surface area (Å²) in [6.45, 7) is 2.67. The van der Waals surface area contributed by atoms with Gasteiger partial charge in [-0.2, -0.15) is 12.6 Å². The molecule has 0 saturated heterocycles. The quantitative estimate of drug-likeness (QED) is 0.433. The molecule has 0 aromatic carbocycles. The molecule has 0 bridgehead atoms. The Kier molecular flexibility index (Phi) is 3.89. The third-order valence-electron chi connectivity index (χ3n) is 0.405. The fourth-order valence-corrected chi connectivity index (χ4v) is 0.265. The summed E-state index contributed by atoms with van der Waals surface area (Å²) < 4.78 is 4.34. The second-order valence-electron chi connectivity index (χ2n) is 1.28. The Labute approximate surface area is 48.3 Å². The van der Waals surface area contributed by atoms with Gasteiger partial charge in [0.05, 0.1) is 0 Å². The molecule has 0 radical (unpaired) electrons. The van der Waals surface area contributed by atoms with E-state index < -0.39 is 0 Å². The molecular formula is C4H8O2S. The maximum Gasteiger partial charge on any atom is 0.293 e. The van der Waals surface area contributed by atoms with Gasteiger partial charge in [-0.15, -0.1) is 0 Å². The van der Waals surface area contributed by atoms with Gasteiger partial charge in [0.2, 0.25) is 0 Å². The smallest absolute Gasteiger partial charge is 0.293 e. The van der Waals surface area contributed by atoms with Crippen molar-refractivity contribution in [1.82, 2.24) is 0 Å². The molecule has 0 fully saturated rings. The molecule has 0 rings (SSSR count). The van der Waals surface area contributed by atoms with Crippen molar-refractivity contribution in [3.8, 4) is 0 Å². The van der Waals surface area contributed by atoms with E-state index in [1.54, 1.807) is 0 Å². The van der Waals surface area contributed by atoms with Gasteiger partial charge in [-0.1, -0.05) is 6.92 Å². The SMILES string of the molecule is CC(S)COC=O. The number of carbonyl (C=O) groups is 1. The number of rotatable bonds is 3. The number of hydrogen-bond acceptors (Lipinski definition) is 3. The van der Waals surface area contributed by atoms with Gasteiger partial charge in [0.1, 0.15) is 6.61 Å². The third-order valence-corrected chi connectivity index (χ3v) is 0.555. The first-order valence-electron chi connectivity index (χ1n) is 2.00. The second-order valence-corrected chi connectivity index (χ2v) is 2.16. The fourth-order valence-electron chi connectivity index (χ4n) is 0.179. The summed E-state index contributed by atoms with van der Waals surface area (Å²) in [5.74, 6) is 0. The lowest BCUT2D eigenvalue weighted by atomic mass is 10.5. The molecule has 0 aromatic heterocycles. The Morgan fingerprint density at radius 1 is 2.00 bits per heavy atom. The molecule has 0 heterocycles. The van der Waals surface area contributed by atoms with Crippen LogP contribution in [0.25, 0.3) is 0 Å². The molecule has 7 heavy (non-hydrogen) atoms. The van der Waals surface area contributed by atoms with E-state index in [2.05, 4.69) is 17.4 Å². The van der Waals surface area contributed by atoms with Gasteiger partial charge in [-0.05, 0) is 0 Å². The Morgan fingerprint density at radius 3 is 2.71 bits per heavy atom. The van der Waals surface area contributed by atoms with Crippen LogP contribution in [-0.4, -0.2) is 18.3 Å². The van der Waals surface area contributed by atoms with Crippen LogP contribution in [-0.2, 0) is 9.53 Å². The van der Waals surface area contributed by atoms with Gasteiger partial charge in [0.25, 0.3) is 6.47 Å². The molecule has 3 heteroatoms. The van der Waals surface area contributed by atoms with Gasteiger partial charge in [-0.25, -0.2) is 0 Å². The van der Waals surface area contributed by atoms with E-state index in [0.29, 0.717) is 13.1 Å². The lowest BCUT2D eigenvalue weighted by Gasteiger charge is -1.97. The average molecular weight is 120 g/mol. The van der Waals surface area contributed by atoms with Crippen molar-refractivity contribution < 1.29 is 9.53 Å². The summed E-state index contributed by atoms with van der Waals surface area (Å²) in [6.07, 6.45) is 0. The molecule has 0 saturated carbocycles. The summed E-state index contributed by atoms with van der Waals surface area (Å²) >= 11 is 3.95. The number of ether oxygens (including phenoxy) is 1. The van der Waals surface area contributed by atoms with E-state index in [0.717, 1.165) is 0 Å².